The fourth-order valence-electron chi connectivity index (χ4n) is 6.91. The van der Waals surface area contributed by atoms with Crippen LogP contribution in [0.2, 0.25) is 0 Å². The van der Waals surface area contributed by atoms with Crippen molar-refractivity contribution in [3.05, 3.63) is 29.8 Å². The number of hydrogen-bond donors (Lipinski definition) is 2. The topological polar surface area (TPSA) is 61.9 Å². The zero-order valence-corrected chi connectivity index (χ0v) is 15.6. The van der Waals surface area contributed by atoms with Gasteiger partial charge in [0.1, 0.15) is 5.75 Å². The summed E-state index contributed by atoms with van der Waals surface area (Å²) < 4.78 is 0. The third-order valence-corrected chi connectivity index (χ3v) is 7.65. The van der Waals surface area contributed by atoms with Gasteiger partial charge in [-0.1, -0.05) is 12.1 Å². The highest BCUT2D eigenvalue weighted by atomic mass is 16.3. The van der Waals surface area contributed by atoms with Gasteiger partial charge >= 0.3 is 0 Å². The number of nitrogens with zero attached hydrogens (tertiary/aromatic N) is 2. The summed E-state index contributed by atoms with van der Waals surface area (Å²) in [5.41, 5.74) is 8.11. The van der Waals surface area contributed by atoms with Crippen molar-refractivity contribution < 1.29 is 5.11 Å². The summed E-state index contributed by atoms with van der Waals surface area (Å²) >= 11 is 0. The van der Waals surface area contributed by atoms with Crippen LogP contribution >= 0.6 is 0 Å². The maximum atomic E-state index is 9.49. The number of rotatable bonds is 5. The zero-order chi connectivity index (χ0) is 17.7. The lowest BCUT2D eigenvalue weighted by Gasteiger charge is -2.57. The number of nitrogens with two attached hydrogens (primary N) is 1. The van der Waals surface area contributed by atoms with Crippen molar-refractivity contribution >= 4 is 5.96 Å². The lowest BCUT2D eigenvalue weighted by molar-refractivity contribution is -0.0596. The number of hydrogen-bond acceptors (Lipinski definition) is 4. The smallest absolute Gasteiger partial charge is 0.191 e. The zero-order valence-electron chi connectivity index (χ0n) is 15.6. The van der Waals surface area contributed by atoms with E-state index in [-0.39, 0.29) is 0 Å². The first-order chi connectivity index (χ1) is 12.6. The average Bonchev–Trinajstić information content (AvgIpc) is 2.94. The Morgan fingerprint density at radius 1 is 1.04 bits per heavy atom. The van der Waals surface area contributed by atoms with Crippen LogP contribution in [0.4, 0.5) is 0 Å². The first kappa shape index (κ1) is 16.5. The van der Waals surface area contributed by atoms with Gasteiger partial charge in [0.2, 0.25) is 0 Å². The highest BCUT2D eigenvalue weighted by Crippen LogP contribution is 2.61. The molecule has 1 aromatic rings. The SMILES string of the molecule is NC1=NC[C@@H](Cc2ccc(O)cc2)N1CCC12CC3CC(CC(C3)C1)C2. The van der Waals surface area contributed by atoms with Gasteiger partial charge in [-0.05, 0) is 92.2 Å². The van der Waals surface area contributed by atoms with Gasteiger partial charge < -0.3 is 15.7 Å². The van der Waals surface area contributed by atoms with E-state index in [0.717, 1.165) is 43.2 Å². The van der Waals surface area contributed by atoms with Crippen LogP contribution in [0.3, 0.4) is 0 Å². The van der Waals surface area contributed by atoms with Gasteiger partial charge in [0.15, 0.2) is 5.96 Å². The number of aliphatic imine (C=N–C) groups is 1. The molecular weight excluding hydrogens is 322 g/mol. The van der Waals surface area contributed by atoms with E-state index in [1.165, 1.54) is 50.5 Å². The fourth-order valence-corrected chi connectivity index (χ4v) is 6.91. The van der Waals surface area contributed by atoms with Crippen LogP contribution in [-0.2, 0) is 6.42 Å². The van der Waals surface area contributed by atoms with Gasteiger partial charge in [-0.2, -0.15) is 0 Å². The van der Waals surface area contributed by atoms with Gasteiger partial charge in [-0.3, -0.25) is 4.99 Å². The number of aromatic hydroxyl groups is 1. The summed E-state index contributed by atoms with van der Waals surface area (Å²) in [4.78, 5) is 6.92. The Hall–Kier alpha value is -1.71. The number of benzene rings is 1. The second-order valence-corrected chi connectivity index (χ2v) is 9.58. The van der Waals surface area contributed by atoms with E-state index in [1.54, 1.807) is 12.1 Å². The molecule has 4 saturated carbocycles. The Morgan fingerprint density at radius 2 is 1.65 bits per heavy atom. The van der Waals surface area contributed by atoms with Crippen LogP contribution < -0.4 is 5.73 Å². The predicted octanol–water partition coefficient (Wildman–Crippen LogP) is 3.54. The van der Waals surface area contributed by atoms with Crippen molar-refractivity contribution in [2.24, 2.45) is 33.9 Å². The van der Waals surface area contributed by atoms with Gasteiger partial charge in [-0.15, -0.1) is 0 Å². The van der Waals surface area contributed by atoms with Crippen molar-refractivity contribution in [2.75, 3.05) is 13.1 Å². The molecule has 0 spiro atoms. The molecule has 4 fully saturated rings. The molecule has 0 amide bonds. The second-order valence-electron chi connectivity index (χ2n) is 9.58. The molecule has 4 aliphatic carbocycles. The summed E-state index contributed by atoms with van der Waals surface area (Å²) in [7, 11) is 0. The molecule has 4 heteroatoms. The lowest BCUT2D eigenvalue weighted by atomic mass is 9.49. The minimum absolute atomic E-state index is 0.328. The molecule has 5 aliphatic rings. The molecule has 4 nitrogen and oxygen atoms in total. The Bertz CT molecular complexity index is 661. The van der Waals surface area contributed by atoms with Crippen molar-refractivity contribution in [1.29, 1.82) is 0 Å². The third-order valence-electron chi connectivity index (χ3n) is 7.65. The summed E-state index contributed by atoms with van der Waals surface area (Å²) in [6.45, 7) is 1.86. The first-order valence-corrected chi connectivity index (χ1v) is 10.4. The van der Waals surface area contributed by atoms with E-state index in [0.29, 0.717) is 17.2 Å². The predicted molar refractivity (Wildman–Crippen MR) is 104 cm³/mol. The molecule has 0 saturated heterocycles. The molecule has 4 bridgehead atoms. The van der Waals surface area contributed by atoms with Crippen LogP contribution in [0.1, 0.15) is 50.5 Å². The van der Waals surface area contributed by atoms with E-state index in [9.17, 15) is 5.11 Å². The fraction of sp³-hybridized carbons (Fsp3) is 0.682. The van der Waals surface area contributed by atoms with Gasteiger partial charge in [0.25, 0.3) is 0 Å². The Balaban J connectivity index is 1.25. The van der Waals surface area contributed by atoms with Crippen LogP contribution in [0.25, 0.3) is 0 Å². The molecule has 0 aromatic heterocycles. The molecule has 26 heavy (non-hydrogen) atoms. The summed E-state index contributed by atoms with van der Waals surface area (Å²) in [5, 5.41) is 9.49. The van der Waals surface area contributed by atoms with Crippen LogP contribution in [0.5, 0.6) is 5.75 Å². The number of phenolic OH excluding ortho intramolecular Hbond substituents is 1. The van der Waals surface area contributed by atoms with Gasteiger partial charge in [0.05, 0.1) is 12.6 Å². The molecule has 3 N–H and O–H groups in total. The molecule has 1 heterocycles. The highest BCUT2D eigenvalue weighted by molar-refractivity contribution is 5.80. The summed E-state index contributed by atoms with van der Waals surface area (Å²) in [6, 6.07) is 7.94. The number of phenols is 1. The van der Waals surface area contributed by atoms with E-state index in [1.807, 2.05) is 12.1 Å². The molecule has 0 unspecified atom stereocenters. The van der Waals surface area contributed by atoms with E-state index in [4.69, 9.17) is 5.73 Å². The number of guanidine groups is 1. The quantitative estimate of drug-likeness (QED) is 0.851. The average molecular weight is 354 g/mol. The molecule has 6 rings (SSSR count). The Morgan fingerprint density at radius 3 is 2.27 bits per heavy atom. The lowest BCUT2D eigenvalue weighted by Crippen LogP contribution is -2.49. The Labute approximate surface area is 156 Å². The minimum Gasteiger partial charge on any atom is -0.508 e. The van der Waals surface area contributed by atoms with Crippen LogP contribution in [0, 0.1) is 23.2 Å². The molecule has 1 aliphatic heterocycles. The normalized spacial score (nSPS) is 38.0. The Kier molecular flexibility index (Phi) is 3.91. The first-order valence-electron chi connectivity index (χ1n) is 10.4. The van der Waals surface area contributed by atoms with Gasteiger partial charge in [-0.25, -0.2) is 0 Å². The standard InChI is InChI=1S/C22H31N3O/c23-21-24-14-19(10-15-1-3-20(26)4-2-15)25(21)6-5-22-11-16-7-17(12-22)9-18(8-16)13-22/h1-4,16-19,26H,5-14H2,(H2,23,24)/t16?,17?,18?,19-,22?/m1/s1. The molecular formula is C22H31N3O. The molecule has 1 atom stereocenters. The van der Waals surface area contributed by atoms with Crippen LogP contribution in [-0.4, -0.2) is 35.1 Å². The third kappa shape index (κ3) is 2.97. The van der Waals surface area contributed by atoms with Crippen molar-refractivity contribution in [3.63, 3.8) is 0 Å². The van der Waals surface area contributed by atoms with E-state index < -0.39 is 0 Å². The van der Waals surface area contributed by atoms with Crippen molar-refractivity contribution in [1.82, 2.24) is 4.90 Å². The van der Waals surface area contributed by atoms with Crippen LogP contribution in [0.15, 0.2) is 29.3 Å². The monoisotopic (exact) mass is 353 g/mol. The largest absolute Gasteiger partial charge is 0.508 e. The van der Waals surface area contributed by atoms with Gasteiger partial charge in [0, 0.05) is 6.54 Å². The summed E-state index contributed by atoms with van der Waals surface area (Å²) in [5.74, 6) is 4.10. The van der Waals surface area contributed by atoms with Crippen molar-refractivity contribution in [3.8, 4) is 5.75 Å². The maximum absolute atomic E-state index is 9.49. The highest BCUT2D eigenvalue weighted by Gasteiger charge is 2.50. The minimum atomic E-state index is 0.328. The molecule has 1 aromatic carbocycles. The maximum Gasteiger partial charge on any atom is 0.191 e. The van der Waals surface area contributed by atoms with Crippen molar-refractivity contribution in [2.45, 2.75) is 57.4 Å². The summed E-state index contributed by atoms with van der Waals surface area (Å²) in [6.07, 6.45) is 11.2. The van der Waals surface area contributed by atoms with E-state index >= 15 is 0 Å². The second kappa shape index (κ2) is 6.17. The molecule has 140 valence electrons. The van der Waals surface area contributed by atoms with E-state index in [2.05, 4.69) is 9.89 Å². The molecule has 0 radical (unpaired) electrons.